The minimum Gasteiger partial charge on any atom is -0.387 e. The van der Waals surface area contributed by atoms with Crippen LogP contribution in [0.3, 0.4) is 0 Å². The highest BCUT2D eigenvalue weighted by molar-refractivity contribution is 5.79. The minimum absolute atomic E-state index is 0.0455. The largest absolute Gasteiger partial charge is 0.387 e. The van der Waals surface area contributed by atoms with Gasteiger partial charge in [0.05, 0.1) is 11.5 Å². The van der Waals surface area contributed by atoms with Crippen molar-refractivity contribution >= 4 is 11.8 Å². The summed E-state index contributed by atoms with van der Waals surface area (Å²) in [7, 11) is 0. The normalized spacial score (nSPS) is 12.1. The molecule has 0 saturated heterocycles. The van der Waals surface area contributed by atoms with Crippen molar-refractivity contribution in [3.8, 4) is 5.69 Å². The van der Waals surface area contributed by atoms with E-state index < -0.39 is 0 Å². The Kier molecular flexibility index (Phi) is 4.29. The van der Waals surface area contributed by atoms with Crippen molar-refractivity contribution in [1.29, 1.82) is 5.41 Å². The molecule has 7 nitrogen and oxygen atoms in total. The standard InChI is InChI=1S/C13H19N7/c1-3-19(9-10(2)12(14)15)13-16-17-18-20(13)11-7-5-4-6-8-11/h4-8,10H,3,9H2,1-2H3,(H3,14,15). The van der Waals surface area contributed by atoms with Gasteiger partial charge in [-0.15, -0.1) is 0 Å². The quantitative estimate of drug-likeness (QED) is 0.606. The van der Waals surface area contributed by atoms with Crippen molar-refractivity contribution < 1.29 is 0 Å². The second-order valence-electron chi connectivity index (χ2n) is 4.62. The second-order valence-corrected chi connectivity index (χ2v) is 4.62. The van der Waals surface area contributed by atoms with E-state index in [2.05, 4.69) is 15.5 Å². The third kappa shape index (κ3) is 2.93. The van der Waals surface area contributed by atoms with Crippen molar-refractivity contribution in [3.63, 3.8) is 0 Å². The van der Waals surface area contributed by atoms with Crippen LogP contribution >= 0.6 is 0 Å². The molecule has 20 heavy (non-hydrogen) atoms. The number of hydrogen-bond acceptors (Lipinski definition) is 5. The summed E-state index contributed by atoms with van der Waals surface area (Å²) in [6.45, 7) is 5.29. The van der Waals surface area contributed by atoms with E-state index in [1.54, 1.807) is 4.68 Å². The summed E-state index contributed by atoms with van der Waals surface area (Å²) in [4.78, 5) is 2.01. The summed E-state index contributed by atoms with van der Waals surface area (Å²) in [5.41, 5.74) is 6.44. The number of rotatable bonds is 6. The van der Waals surface area contributed by atoms with Gasteiger partial charge in [0.15, 0.2) is 0 Å². The summed E-state index contributed by atoms with van der Waals surface area (Å²) in [5.74, 6) is 0.782. The Labute approximate surface area is 117 Å². The topological polar surface area (TPSA) is 96.7 Å². The van der Waals surface area contributed by atoms with E-state index in [0.29, 0.717) is 12.5 Å². The molecular formula is C13H19N7. The number of nitrogens with two attached hydrogens (primary N) is 1. The third-order valence-electron chi connectivity index (χ3n) is 3.14. The Hall–Kier alpha value is -2.44. The lowest BCUT2D eigenvalue weighted by molar-refractivity contribution is 0.669. The molecule has 0 bridgehead atoms. The molecule has 0 amide bonds. The van der Waals surface area contributed by atoms with Gasteiger partial charge in [0.1, 0.15) is 0 Å². The number of amidine groups is 1. The van der Waals surface area contributed by atoms with Gasteiger partial charge in [-0.25, -0.2) is 0 Å². The molecule has 0 saturated carbocycles. The third-order valence-corrected chi connectivity index (χ3v) is 3.14. The highest BCUT2D eigenvalue weighted by atomic mass is 15.6. The number of benzene rings is 1. The Morgan fingerprint density at radius 2 is 2.10 bits per heavy atom. The van der Waals surface area contributed by atoms with Crippen molar-refractivity contribution in [2.75, 3.05) is 18.0 Å². The molecule has 2 rings (SSSR count). The molecular weight excluding hydrogens is 254 g/mol. The lowest BCUT2D eigenvalue weighted by atomic mass is 10.1. The van der Waals surface area contributed by atoms with Gasteiger partial charge in [0.2, 0.25) is 5.95 Å². The van der Waals surface area contributed by atoms with Crippen LogP contribution in [-0.4, -0.2) is 39.1 Å². The summed E-state index contributed by atoms with van der Waals surface area (Å²) < 4.78 is 1.69. The molecule has 0 spiro atoms. The first-order valence-electron chi connectivity index (χ1n) is 6.56. The average molecular weight is 273 g/mol. The first-order valence-corrected chi connectivity index (χ1v) is 6.56. The zero-order chi connectivity index (χ0) is 14.5. The number of nitrogens with zero attached hydrogens (tertiary/aromatic N) is 5. The number of para-hydroxylation sites is 1. The molecule has 3 N–H and O–H groups in total. The Balaban J connectivity index is 2.28. The van der Waals surface area contributed by atoms with Gasteiger partial charge in [-0.05, 0) is 29.5 Å². The summed E-state index contributed by atoms with van der Waals surface area (Å²) in [6.07, 6.45) is 0. The molecule has 7 heteroatoms. The fraction of sp³-hybridized carbons (Fsp3) is 0.385. The molecule has 1 aromatic carbocycles. The maximum absolute atomic E-state index is 7.50. The van der Waals surface area contributed by atoms with Crippen LogP contribution in [0.5, 0.6) is 0 Å². The summed E-state index contributed by atoms with van der Waals surface area (Å²) >= 11 is 0. The van der Waals surface area contributed by atoms with Crippen molar-refractivity contribution in [1.82, 2.24) is 20.2 Å². The molecule has 1 atom stereocenters. The molecule has 2 aromatic rings. The van der Waals surface area contributed by atoms with E-state index in [1.807, 2.05) is 49.1 Å². The van der Waals surface area contributed by atoms with Crippen LogP contribution in [0.1, 0.15) is 13.8 Å². The zero-order valence-corrected chi connectivity index (χ0v) is 11.7. The lowest BCUT2D eigenvalue weighted by Crippen LogP contribution is -2.36. The average Bonchev–Trinajstić information content (AvgIpc) is 2.94. The molecule has 0 aliphatic rings. The van der Waals surface area contributed by atoms with E-state index in [9.17, 15) is 0 Å². The Morgan fingerprint density at radius 1 is 1.40 bits per heavy atom. The highest BCUT2D eigenvalue weighted by Crippen LogP contribution is 2.16. The van der Waals surface area contributed by atoms with Crippen LogP contribution < -0.4 is 10.6 Å². The van der Waals surface area contributed by atoms with Crippen LogP contribution in [0.2, 0.25) is 0 Å². The predicted octanol–water partition coefficient (Wildman–Crippen LogP) is 1.06. The summed E-state index contributed by atoms with van der Waals surface area (Å²) in [6, 6.07) is 9.72. The molecule has 1 heterocycles. The lowest BCUT2D eigenvalue weighted by Gasteiger charge is -2.24. The van der Waals surface area contributed by atoms with Crippen LogP contribution in [0.15, 0.2) is 30.3 Å². The molecule has 0 fully saturated rings. The number of hydrogen-bond donors (Lipinski definition) is 2. The number of anilines is 1. The molecule has 1 unspecified atom stereocenters. The van der Waals surface area contributed by atoms with Gasteiger partial charge in [-0.1, -0.05) is 30.2 Å². The molecule has 0 radical (unpaired) electrons. The van der Waals surface area contributed by atoms with Crippen molar-refractivity contribution in [2.24, 2.45) is 11.7 Å². The van der Waals surface area contributed by atoms with Crippen LogP contribution in [0, 0.1) is 11.3 Å². The van der Waals surface area contributed by atoms with Gasteiger partial charge < -0.3 is 10.6 Å². The number of nitrogens with one attached hydrogen (secondary N) is 1. The van der Waals surface area contributed by atoms with Crippen molar-refractivity contribution in [2.45, 2.75) is 13.8 Å². The molecule has 1 aromatic heterocycles. The van der Waals surface area contributed by atoms with Crippen molar-refractivity contribution in [3.05, 3.63) is 30.3 Å². The van der Waals surface area contributed by atoms with Crippen LogP contribution in [0.4, 0.5) is 5.95 Å². The van der Waals surface area contributed by atoms with Crippen LogP contribution in [-0.2, 0) is 0 Å². The highest BCUT2D eigenvalue weighted by Gasteiger charge is 2.18. The van der Waals surface area contributed by atoms with E-state index in [4.69, 9.17) is 11.1 Å². The Bertz CT molecular complexity index is 563. The van der Waals surface area contributed by atoms with E-state index in [0.717, 1.165) is 12.2 Å². The van der Waals surface area contributed by atoms with Gasteiger partial charge in [-0.2, -0.15) is 4.68 Å². The molecule has 106 valence electrons. The van der Waals surface area contributed by atoms with Gasteiger partial charge in [-0.3, -0.25) is 5.41 Å². The fourth-order valence-electron chi connectivity index (χ4n) is 1.90. The second kappa shape index (κ2) is 6.14. The maximum atomic E-state index is 7.50. The monoisotopic (exact) mass is 273 g/mol. The van der Waals surface area contributed by atoms with Crippen LogP contribution in [0.25, 0.3) is 5.69 Å². The zero-order valence-electron chi connectivity index (χ0n) is 11.7. The van der Waals surface area contributed by atoms with Gasteiger partial charge in [0.25, 0.3) is 0 Å². The Morgan fingerprint density at radius 3 is 2.70 bits per heavy atom. The smallest absolute Gasteiger partial charge is 0.250 e. The van der Waals surface area contributed by atoms with Gasteiger partial charge >= 0.3 is 0 Å². The first-order chi connectivity index (χ1) is 9.63. The number of aromatic nitrogens is 4. The van der Waals surface area contributed by atoms with E-state index >= 15 is 0 Å². The summed E-state index contributed by atoms with van der Waals surface area (Å²) in [5, 5.41) is 19.4. The van der Waals surface area contributed by atoms with E-state index in [1.165, 1.54) is 0 Å². The first kappa shape index (κ1) is 14.0. The van der Waals surface area contributed by atoms with Gasteiger partial charge in [0, 0.05) is 19.0 Å². The predicted molar refractivity (Wildman–Crippen MR) is 78.1 cm³/mol. The fourth-order valence-corrected chi connectivity index (χ4v) is 1.90. The minimum atomic E-state index is -0.0455. The number of tetrazole rings is 1. The SMILES string of the molecule is CCN(CC(C)C(=N)N)c1nnnn1-c1ccccc1. The maximum Gasteiger partial charge on any atom is 0.250 e. The molecule has 0 aliphatic carbocycles. The molecule has 0 aliphatic heterocycles. The van der Waals surface area contributed by atoms with E-state index in [-0.39, 0.29) is 11.8 Å².